The second-order valence-electron chi connectivity index (χ2n) is 5.05. The molecule has 0 atom stereocenters. The molecule has 0 aliphatic rings. The largest absolute Gasteiger partial charge is 0.342 e. The van der Waals surface area contributed by atoms with E-state index in [4.69, 9.17) is 0 Å². The molecule has 3 rings (SSSR count). The summed E-state index contributed by atoms with van der Waals surface area (Å²) in [5, 5.41) is 0. The van der Waals surface area contributed by atoms with Crippen molar-refractivity contribution in [2.24, 2.45) is 0 Å². The molecule has 1 heterocycles. The highest BCUT2D eigenvalue weighted by Crippen LogP contribution is 2.16. The SMILES string of the molecule is CCc1ccc2nc(Cc3cccc(C)c3)[nH]c2c1. The fourth-order valence-corrected chi connectivity index (χ4v) is 2.43. The van der Waals surface area contributed by atoms with Gasteiger partial charge >= 0.3 is 0 Å². The lowest BCUT2D eigenvalue weighted by Gasteiger charge is -1.99. The molecule has 1 aromatic heterocycles. The second kappa shape index (κ2) is 4.88. The Morgan fingerprint density at radius 3 is 2.74 bits per heavy atom. The molecule has 0 aliphatic carbocycles. The highest BCUT2D eigenvalue weighted by Gasteiger charge is 2.04. The Labute approximate surface area is 113 Å². The molecule has 0 unspecified atom stereocenters. The molecule has 2 heteroatoms. The molecule has 0 amide bonds. The van der Waals surface area contributed by atoms with Gasteiger partial charge in [0.1, 0.15) is 5.82 Å². The molecular formula is C17H18N2. The minimum atomic E-state index is 0.859. The number of aryl methyl sites for hydroxylation is 2. The van der Waals surface area contributed by atoms with Crippen molar-refractivity contribution >= 4 is 11.0 Å². The van der Waals surface area contributed by atoms with Gasteiger partial charge in [0, 0.05) is 6.42 Å². The molecule has 0 saturated carbocycles. The van der Waals surface area contributed by atoms with Crippen LogP contribution in [0.25, 0.3) is 11.0 Å². The molecule has 0 saturated heterocycles. The topological polar surface area (TPSA) is 28.7 Å². The molecule has 0 radical (unpaired) electrons. The fraction of sp³-hybridized carbons (Fsp3) is 0.235. The number of hydrogen-bond donors (Lipinski definition) is 1. The van der Waals surface area contributed by atoms with Crippen LogP contribution in [-0.4, -0.2) is 9.97 Å². The summed E-state index contributed by atoms with van der Waals surface area (Å²) < 4.78 is 0. The van der Waals surface area contributed by atoms with Crippen molar-refractivity contribution in [1.82, 2.24) is 9.97 Å². The number of aromatic nitrogens is 2. The predicted molar refractivity (Wildman–Crippen MR) is 79.5 cm³/mol. The smallest absolute Gasteiger partial charge is 0.111 e. The van der Waals surface area contributed by atoms with Crippen molar-refractivity contribution in [2.45, 2.75) is 26.7 Å². The van der Waals surface area contributed by atoms with Crippen LogP contribution in [0.2, 0.25) is 0 Å². The third-order valence-corrected chi connectivity index (χ3v) is 3.46. The van der Waals surface area contributed by atoms with E-state index in [-0.39, 0.29) is 0 Å². The van der Waals surface area contributed by atoms with Crippen molar-refractivity contribution in [1.29, 1.82) is 0 Å². The Bertz CT molecular complexity index is 710. The first-order valence-corrected chi connectivity index (χ1v) is 6.77. The van der Waals surface area contributed by atoms with Crippen LogP contribution in [0.5, 0.6) is 0 Å². The minimum absolute atomic E-state index is 0.859. The van der Waals surface area contributed by atoms with E-state index < -0.39 is 0 Å². The molecule has 2 nitrogen and oxygen atoms in total. The van der Waals surface area contributed by atoms with E-state index in [1.165, 1.54) is 16.7 Å². The number of nitrogens with one attached hydrogen (secondary N) is 1. The molecule has 0 spiro atoms. The predicted octanol–water partition coefficient (Wildman–Crippen LogP) is 4.02. The van der Waals surface area contributed by atoms with Gasteiger partial charge in [0.2, 0.25) is 0 Å². The van der Waals surface area contributed by atoms with Crippen LogP contribution in [0.4, 0.5) is 0 Å². The summed E-state index contributed by atoms with van der Waals surface area (Å²) in [7, 11) is 0. The summed E-state index contributed by atoms with van der Waals surface area (Å²) in [5.41, 5.74) is 6.14. The lowest BCUT2D eigenvalue weighted by atomic mass is 10.1. The summed E-state index contributed by atoms with van der Waals surface area (Å²) in [6.45, 7) is 4.29. The molecule has 0 fully saturated rings. The van der Waals surface area contributed by atoms with E-state index in [9.17, 15) is 0 Å². The molecule has 19 heavy (non-hydrogen) atoms. The lowest BCUT2D eigenvalue weighted by Crippen LogP contribution is -1.90. The zero-order chi connectivity index (χ0) is 13.2. The maximum absolute atomic E-state index is 4.66. The number of fused-ring (bicyclic) bond motifs is 1. The average Bonchev–Trinajstić information content (AvgIpc) is 2.79. The zero-order valence-corrected chi connectivity index (χ0v) is 11.4. The fourth-order valence-electron chi connectivity index (χ4n) is 2.43. The van der Waals surface area contributed by atoms with Crippen molar-refractivity contribution in [3.05, 3.63) is 65.0 Å². The molecule has 0 aliphatic heterocycles. The van der Waals surface area contributed by atoms with Gasteiger partial charge in [0.15, 0.2) is 0 Å². The van der Waals surface area contributed by atoms with Crippen LogP contribution in [0.3, 0.4) is 0 Å². The number of rotatable bonds is 3. The van der Waals surface area contributed by atoms with Gasteiger partial charge in [-0.3, -0.25) is 0 Å². The lowest BCUT2D eigenvalue weighted by molar-refractivity contribution is 1.04. The number of imidazole rings is 1. The van der Waals surface area contributed by atoms with Gasteiger partial charge in [-0.05, 0) is 36.6 Å². The van der Waals surface area contributed by atoms with E-state index in [0.717, 1.165) is 29.7 Å². The van der Waals surface area contributed by atoms with Crippen LogP contribution >= 0.6 is 0 Å². The number of nitrogens with zero attached hydrogens (tertiary/aromatic N) is 1. The zero-order valence-electron chi connectivity index (χ0n) is 11.4. The Morgan fingerprint density at radius 2 is 1.95 bits per heavy atom. The average molecular weight is 250 g/mol. The summed E-state index contributed by atoms with van der Waals surface area (Å²) in [6, 6.07) is 15.0. The van der Waals surface area contributed by atoms with Gasteiger partial charge < -0.3 is 4.98 Å². The summed E-state index contributed by atoms with van der Waals surface area (Å²) in [6.07, 6.45) is 1.92. The maximum atomic E-state index is 4.66. The Balaban J connectivity index is 1.93. The summed E-state index contributed by atoms with van der Waals surface area (Å²) >= 11 is 0. The van der Waals surface area contributed by atoms with Gasteiger partial charge in [0.25, 0.3) is 0 Å². The highest BCUT2D eigenvalue weighted by molar-refractivity contribution is 5.75. The van der Waals surface area contributed by atoms with Gasteiger partial charge in [-0.2, -0.15) is 0 Å². The normalized spacial score (nSPS) is 11.1. The Hall–Kier alpha value is -2.09. The third kappa shape index (κ3) is 2.53. The van der Waals surface area contributed by atoms with E-state index in [1.54, 1.807) is 0 Å². The third-order valence-electron chi connectivity index (χ3n) is 3.46. The monoisotopic (exact) mass is 250 g/mol. The molecule has 96 valence electrons. The number of H-pyrrole nitrogens is 1. The van der Waals surface area contributed by atoms with E-state index >= 15 is 0 Å². The van der Waals surface area contributed by atoms with Gasteiger partial charge in [0.05, 0.1) is 11.0 Å². The minimum Gasteiger partial charge on any atom is -0.342 e. The first-order chi connectivity index (χ1) is 9.24. The van der Waals surface area contributed by atoms with Crippen LogP contribution in [0, 0.1) is 6.92 Å². The number of aromatic amines is 1. The van der Waals surface area contributed by atoms with Crippen LogP contribution in [-0.2, 0) is 12.8 Å². The first-order valence-electron chi connectivity index (χ1n) is 6.77. The van der Waals surface area contributed by atoms with Crippen molar-refractivity contribution in [2.75, 3.05) is 0 Å². The van der Waals surface area contributed by atoms with Crippen LogP contribution in [0.15, 0.2) is 42.5 Å². The van der Waals surface area contributed by atoms with Gasteiger partial charge in [-0.1, -0.05) is 42.8 Å². The summed E-state index contributed by atoms with van der Waals surface area (Å²) in [5.74, 6) is 1.04. The molecule has 2 aromatic carbocycles. The molecule has 1 N–H and O–H groups in total. The van der Waals surface area contributed by atoms with Gasteiger partial charge in [-0.15, -0.1) is 0 Å². The van der Waals surface area contributed by atoms with Crippen molar-refractivity contribution in [3.8, 4) is 0 Å². The quantitative estimate of drug-likeness (QED) is 0.747. The molecular weight excluding hydrogens is 232 g/mol. The van der Waals surface area contributed by atoms with Gasteiger partial charge in [-0.25, -0.2) is 4.98 Å². The Morgan fingerprint density at radius 1 is 1.05 bits per heavy atom. The molecule has 3 aromatic rings. The Kier molecular flexibility index (Phi) is 3.08. The van der Waals surface area contributed by atoms with Crippen molar-refractivity contribution in [3.63, 3.8) is 0 Å². The van der Waals surface area contributed by atoms with Crippen molar-refractivity contribution < 1.29 is 0 Å². The van der Waals surface area contributed by atoms with E-state index in [1.807, 2.05) is 0 Å². The number of benzene rings is 2. The van der Waals surface area contributed by atoms with Crippen LogP contribution in [0.1, 0.15) is 29.4 Å². The summed E-state index contributed by atoms with van der Waals surface area (Å²) in [4.78, 5) is 8.08. The van der Waals surface area contributed by atoms with Crippen LogP contribution < -0.4 is 0 Å². The first kappa shape index (κ1) is 12.0. The number of hydrogen-bond acceptors (Lipinski definition) is 1. The standard InChI is InChI=1S/C17H18N2/c1-3-13-7-8-15-16(10-13)19-17(18-15)11-14-6-4-5-12(2)9-14/h4-10H,3,11H2,1-2H3,(H,18,19). The van der Waals surface area contributed by atoms with E-state index in [2.05, 4.69) is 66.3 Å². The molecule has 0 bridgehead atoms. The maximum Gasteiger partial charge on any atom is 0.111 e. The highest BCUT2D eigenvalue weighted by atomic mass is 14.9. The van der Waals surface area contributed by atoms with E-state index in [0.29, 0.717) is 0 Å². The second-order valence-corrected chi connectivity index (χ2v) is 5.05.